The molecule has 46 heavy (non-hydrogen) atoms. The molecule has 0 saturated carbocycles. The number of anilines is 1. The molecule has 2 amide bonds. The largest absolute Gasteiger partial charge is 0.493 e. The quantitative estimate of drug-likeness (QED) is 0.200. The van der Waals surface area contributed by atoms with E-state index in [2.05, 4.69) is 5.32 Å². The number of methoxy groups -OCH3 is 2. The van der Waals surface area contributed by atoms with Crippen LogP contribution < -0.4 is 19.1 Å². The lowest BCUT2D eigenvalue weighted by Gasteiger charge is -2.34. The number of nitrogens with zero attached hydrogens (tertiary/aromatic N) is 2. The minimum absolute atomic E-state index is 0.0236. The van der Waals surface area contributed by atoms with Gasteiger partial charge in [0, 0.05) is 25.6 Å². The lowest BCUT2D eigenvalue weighted by molar-refractivity contribution is -0.140. The van der Waals surface area contributed by atoms with Crippen LogP contribution in [0.1, 0.15) is 29.2 Å². The van der Waals surface area contributed by atoms with E-state index >= 15 is 0 Å². The highest BCUT2D eigenvalue weighted by molar-refractivity contribution is 7.92. The number of rotatable bonds is 14. The molecule has 0 aromatic heterocycles. The molecule has 0 heterocycles. The topological polar surface area (TPSA) is 105 Å². The Morgan fingerprint density at radius 1 is 0.783 bits per heavy atom. The van der Waals surface area contributed by atoms with Gasteiger partial charge in [0.15, 0.2) is 11.5 Å². The molecule has 4 rings (SSSR count). The number of carbonyl (C=O) groups is 2. The van der Waals surface area contributed by atoms with Gasteiger partial charge in [0.05, 0.1) is 24.8 Å². The number of aryl methyl sites for hydroxylation is 2. The number of carbonyl (C=O) groups excluding carboxylic acids is 2. The molecular weight excluding hydrogens is 602 g/mol. The minimum atomic E-state index is -4.25. The van der Waals surface area contributed by atoms with E-state index in [1.54, 1.807) is 24.3 Å². The predicted octanol–water partition coefficient (Wildman–Crippen LogP) is 5.29. The number of hydrogen-bond acceptors (Lipinski definition) is 6. The van der Waals surface area contributed by atoms with Gasteiger partial charge in [-0.3, -0.25) is 13.9 Å². The Labute approximate surface area is 271 Å². The molecule has 4 aromatic carbocycles. The summed E-state index contributed by atoms with van der Waals surface area (Å²) in [4.78, 5) is 29.7. The Balaban J connectivity index is 1.83. The summed E-state index contributed by atoms with van der Waals surface area (Å²) >= 11 is 0. The maximum absolute atomic E-state index is 14.6. The van der Waals surface area contributed by atoms with Crippen LogP contribution >= 0.6 is 0 Å². The first-order valence-corrected chi connectivity index (χ1v) is 16.5. The van der Waals surface area contributed by atoms with Gasteiger partial charge in [-0.25, -0.2) is 8.42 Å². The van der Waals surface area contributed by atoms with Gasteiger partial charge in [-0.2, -0.15) is 0 Å². The van der Waals surface area contributed by atoms with Crippen molar-refractivity contribution in [2.75, 3.05) is 31.6 Å². The third-order valence-corrected chi connectivity index (χ3v) is 9.39. The van der Waals surface area contributed by atoms with Crippen molar-refractivity contribution in [3.8, 4) is 11.5 Å². The molecule has 0 spiro atoms. The van der Waals surface area contributed by atoms with Gasteiger partial charge in [-0.1, -0.05) is 77.9 Å². The number of ether oxygens (including phenoxy) is 2. The van der Waals surface area contributed by atoms with Gasteiger partial charge in [-0.05, 0) is 56.2 Å². The van der Waals surface area contributed by atoms with Crippen molar-refractivity contribution in [2.45, 2.75) is 44.7 Å². The predicted molar refractivity (Wildman–Crippen MR) is 180 cm³/mol. The van der Waals surface area contributed by atoms with Gasteiger partial charge < -0.3 is 19.7 Å². The van der Waals surface area contributed by atoms with Gasteiger partial charge in [-0.15, -0.1) is 0 Å². The number of hydrogen-bond donors (Lipinski definition) is 1. The average molecular weight is 644 g/mol. The van der Waals surface area contributed by atoms with E-state index < -0.39 is 28.5 Å². The Hall–Kier alpha value is -4.83. The van der Waals surface area contributed by atoms with Crippen molar-refractivity contribution in [2.24, 2.45) is 0 Å². The lowest BCUT2D eigenvalue weighted by atomic mass is 10.0. The molecule has 10 heteroatoms. The number of nitrogens with one attached hydrogen (secondary N) is 1. The molecule has 0 radical (unpaired) electrons. The molecule has 0 aliphatic carbocycles. The molecule has 1 unspecified atom stereocenters. The van der Waals surface area contributed by atoms with Gasteiger partial charge in [0.1, 0.15) is 12.6 Å². The first-order valence-electron chi connectivity index (χ1n) is 15.1. The molecule has 1 N–H and O–H groups in total. The van der Waals surface area contributed by atoms with Crippen molar-refractivity contribution in [3.63, 3.8) is 0 Å². The van der Waals surface area contributed by atoms with Crippen molar-refractivity contribution in [3.05, 3.63) is 119 Å². The number of benzene rings is 4. The molecule has 242 valence electrons. The smallest absolute Gasteiger partial charge is 0.264 e. The minimum Gasteiger partial charge on any atom is -0.493 e. The summed E-state index contributed by atoms with van der Waals surface area (Å²) in [7, 11) is -1.31. The molecule has 1 atom stereocenters. The maximum Gasteiger partial charge on any atom is 0.264 e. The van der Waals surface area contributed by atoms with E-state index in [0.717, 1.165) is 26.6 Å². The monoisotopic (exact) mass is 643 g/mol. The number of likely N-dealkylation sites (N-methyl/N-ethyl adjacent to an activating group) is 1. The maximum atomic E-state index is 14.6. The second-order valence-corrected chi connectivity index (χ2v) is 12.8. The molecule has 0 saturated heterocycles. The zero-order valence-electron chi connectivity index (χ0n) is 26.9. The fourth-order valence-corrected chi connectivity index (χ4v) is 6.61. The molecule has 0 aliphatic heterocycles. The van der Waals surface area contributed by atoms with Crippen molar-refractivity contribution < 1.29 is 27.5 Å². The van der Waals surface area contributed by atoms with Crippen molar-refractivity contribution in [1.82, 2.24) is 10.2 Å². The van der Waals surface area contributed by atoms with Crippen LogP contribution in [0.25, 0.3) is 0 Å². The number of sulfonamides is 1. The Kier molecular flexibility index (Phi) is 11.4. The Bertz CT molecular complexity index is 1740. The van der Waals surface area contributed by atoms with E-state index in [9.17, 15) is 18.0 Å². The molecular formula is C36H41N3O6S. The highest BCUT2D eigenvalue weighted by Gasteiger charge is 2.35. The van der Waals surface area contributed by atoms with Crippen LogP contribution in [-0.4, -0.2) is 58.5 Å². The van der Waals surface area contributed by atoms with E-state index in [1.165, 1.54) is 37.3 Å². The molecule has 0 bridgehead atoms. The Morgan fingerprint density at radius 3 is 2.09 bits per heavy atom. The molecule has 0 fully saturated rings. The van der Waals surface area contributed by atoms with Crippen molar-refractivity contribution in [1.29, 1.82) is 0 Å². The van der Waals surface area contributed by atoms with E-state index in [0.29, 0.717) is 18.0 Å². The number of amides is 2. The van der Waals surface area contributed by atoms with Crippen LogP contribution in [-0.2, 0) is 32.6 Å². The summed E-state index contributed by atoms with van der Waals surface area (Å²) in [6.45, 7) is 5.53. The van der Waals surface area contributed by atoms with Crippen LogP contribution in [0.4, 0.5) is 5.69 Å². The lowest BCUT2D eigenvalue weighted by Crippen LogP contribution is -2.53. The Morgan fingerprint density at radius 2 is 1.46 bits per heavy atom. The summed E-state index contributed by atoms with van der Waals surface area (Å²) in [5.41, 5.74) is 3.78. The highest BCUT2D eigenvalue weighted by Crippen LogP contribution is 2.34. The first kappa shape index (κ1) is 34.1. The second kappa shape index (κ2) is 15.4. The van der Waals surface area contributed by atoms with Crippen LogP contribution in [0.5, 0.6) is 11.5 Å². The van der Waals surface area contributed by atoms with Gasteiger partial charge >= 0.3 is 0 Å². The molecule has 4 aromatic rings. The third kappa shape index (κ3) is 8.25. The standard InChI is InChI=1S/C36H41N3O6S/c1-6-37-36(41)32(22-28-12-8-7-9-13-28)38(24-29-14-10-11-27(3)21-29)35(40)25-39(30-17-20-33(44-4)34(23-30)45-5)46(42,43)31-18-15-26(2)16-19-31/h7-21,23,32H,6,22,24-25H2,1-5H3,(H,37,41). The zero-order chi connectivity index (χ0) is 33.3. The first-order chi connectivity index (χ1) is 22.1. The van der Waals surface area contributed by atoms with E-state index in [4.69, 9.17) is 9.47 Å². The summed E-state index contributed by atoms with van der Waals surface area (Å²) in [5, 5.41) is 2.88. The fraction of sp³-hybridized carbons (Fsp3) is 0.278. The van der Waals surface area contributed by atoms with Crippen LogP contribution in [0, 0.1) is 13.8 Å². The normalized spacial score (nSPS) is 11.8. The van der Waals surface area contributed by atoms with Crippen LogP contribution in [0.15, 0.2) is 102 Å². The van der Waals surface area contributed by atoms with Crippen LogP contribution in [0.3, 0.4) is 0 Å². The summed E-state index contributed by atoms with van der Waals surface area (Å²) in [6.07, 6.45) is 0.241. The van der Waals surface area contributed by atoms with E-state index in [1.807, 2.05) is 75.4 Å². The van der Waals surface area contributed by atoms with Gasteiger partial charge in [0.25, 0.3) is 10.0 Å². The second-order valence-electron chi connectivity index (χ2n) is 11.0. The summed E-state index contributed by atoms with van der Waals surface area (Å²) in [5.74, 6) is -0.159. The van der Waals surface area contributed by atoms with Gasteiger partial charge in [0.2, 0.25) is 11.8 Å². The average Bonchev–Trinajstić information content (AvgIpc) is 3.05. The summed E-state index contributed by atoms with van der Waals surface area (Å²) in [6, 6.07) is 27.3. The third-order valence-electron chi connectivity index (χ3n) is 7.60. The summed E-state index contributed by atoms with van der Waals surface area (Å²) < 4.78 is 40.4. The van der Waals surface area contributed by atoms with Crippen LogP contribution in [0.2, 0.25) is 0 Å². The van der Waals surface area contributed by atoms with E-state index in [-0.39, 0.29) is 29.5 Å². The molecule has 0 aliphatic rings. The van der Waals surface area contributed by atoms with Crippen molar-refractivity contribution >= 4 is 27.5 Å². The fourth-order valence-electron chi connectivity index (χ4n) is 5.20. The molecule has 9 nitrogen and oxygen atoms in total. The highest BCUT2D eigenvalue weighted by atomic mass is 32.2. The SMILES string of the molecule is CCNC(=O)C(Cc1ccccc1)N(Cc1cccc(C)c1)C(=O)CN(c1ccc(OC)c(OC)c1)S(=O)(=O)c1ccc(C)cc1. The zero-order valence-corrected chi connectivity index (χ0v) is 27.7.